The van der Waals surface area contributed by atoms with Crippen LogP contribution in [0.25, 0.3) is 16.6 Å². The van der Waals surface area contributed by atoms with Gasteiger partial charge < -0.3 is 5.73 Å². The Morgan fingerprint density at radius 1 is 1.19 bits per heavy atom. The van der Waals surface area contributed by atoms with E-state index in [0.717, 1.165) is 22.8 Å². The number of hydrogen-bond acceptors (Lipinski definition) is 3. The maximum Gasteiger partial charge on any atom is 0.267 e. The summed E-state index contributed by atoms with van der Waals surface area (Å²) < 4.78 is 54.5. The minimum atomic E-state index is -2.94. The second-order valence-corrected chi connectivity index (χ2v) is 5.88. The lowest BCUT2D eigenvalue weighted by Crippen LogP contribution is -2.26. The van der Waals surface area contributed by atoms with Crippen LogP contribution in [-0.4, -0.2) is 16.1 Å². The molecule has 0 atom stereocenters. The number of halogens is 5. The van der Waals surface area contributed by atoms with E-state index in [1.165, 1.54) is 6.07 Å². The molecule has 0 fully saturated rings. The standard InChI is InChI=1S/C17H12ClF4N3O/c18-15-11(20)1-2-12-14(15)17(26)25(13(24-12)3-4-23)10-6-8(16(21)22)5-9(19)7-10/h1-2,5-7,16H,3-4,23H2. The van der Waals surface area contributed by atoms with Crippen LogP contribution in [0.1, 0.15) is 17.8 Å². The lowest BCUT2D eigenvalue weighted by molar-refractivity contribution is 0.151. The van der Waals surface area contributed by atoms with Crippen molar-refractivity contribution in [3.05, 3.63) is 68.7 Å². The molecule has 3 rings (SSSR count). The van der Waals surface area contributed by atoms with Crippen LogP contribution in [0.15, 0.2) is 35.1 Å². The van der Waals surface area contributed by atoms with Gasteiger partial charge >= 0.3 is 0 Å². The summed E-state index contributed by atoms with van der Waals surface area (Å²) in [7, 11) is 0. The first-order valence-electron chi connectivity index (χ1n) is 7.52. The number of benzene rings is 2. The van der Waals surface area contributed by atoms with Gasteiger partial charge in [-0.2, -0.15) is 0 Å². The summed E-state index contributed by atoms with van der Waals surface area (Å²) in [6.45, 7) is 0.101. The molecule has 3 aromatic rings. The molecule has 0 saturated heterocycles. The Bertz CT molecular complexity index is 1050. The molecule has 2 N–H and O–H groups in total. The van der Waals surface area contributed by atoms with Crippen molar-refractivity contribution in [1.29, 1.82) is 0 Å². The van der Waals surface area contributed by atoms with Gasteiger partial charge in [-0.3, -0.25) is 9.36 Å². The van der Waals surface area contributed by atoms with Crippen LogP contribution in [0.5, 0.6) is 0 Å². The lowest BCUT2D eigenvalue weighted by Gasteiger charge is -2.15. The highest BCUT2D eigenvalue weighted by atomic mass is 35.5. The first-order chi connectivity index (χ1) is 12.3. The summed E-state index contributed by atoms with van der Waals surface area (Å²) in [6.07, 6.45) is -2.83. The maximum atomic E-state index is 13.8. The molecule has 0 unspecified atom stereocenters. The molecule has 0 aliphatic heterocycles. The molecule has 0 radical (unpaired) electrons. The molecule has 0 aliphatic carbocycles. The number of alkyl halides is 2. The number of nitrogens with zero attached hydrogens (tertiary/aromatic N) is 2. The fourth-order valence-corrected chi connectivity index (χ4v) is 2.91. The molecule has 0 amide bonds. The molecule has 0 saturated carbocycles. The van der Waals surface area contributed by atoms with Crippen LogP contribution in [0.2, 0.25) is 5.02 Å². The molecule has 0 spiro atoms. The smallest absolute Gasteiger partial charge is 0.267 e. The number of rotatable bonds is 4. The molecule has 4 nitrogen and oxygen atoms in total. The van der Waals surface area contributed by atoms with Gasteiger partial charge in [0.15, 0.2) is 0 Å². The molecular formula is C17H12ClF4N3O. The Balaban J connectivity index is 2.41. The number of nitrogens with two attached hydrogens (primary N) is 1. The van der Waals surface area contributed by atoms with Gasteiger partial charge in [0.25, 0.3) is 12.0 Å². The summed E-state index contributed by atoms with van der Waals surface area (Å²) in [5.41, 5.74) is 4.10. The average molecular weight is 386 g/mol. The van der Waals surface area contributed by atoms with Crippen molar-refractivity contribution in [2.24, 2.45) is 5.73 Å². The topological polar surface area (TPSA) is 60.9 Å². The van der Waals surface area contributed by atoms with Crippen LogP contribution < -0.4 is 11.3 Å². The first-order valence-corrected chi connectivity index (χ1v) is 7.90. The van der Waals surface area contributed by atoms with Gasteiger partial charge in [0, 0.05) is 12.0 Å². The molecule has 2 aromatic carbocycles. The molecule has 26 heavy (non-hydrogen) atoms. The van der Waals surface area contributed by atoms with Crippen LogP contribution in [-0.2, 0) is 6.42 Å². The van der Waals surface area contributed by atoms with E-state index in [1.807, 2.05) is 0 Å². The van der Waals surface area contributed by atoms with Gasteiger partial charge in [-0.25, -0.2) is 22.5 Å². The Hall–Kier alpha value is -2.45. The van der Waals surface area contributed by atoms with Crippen LogP contribution in [0.4, 0.5) is 17.6 Å². The zero-order valence-corrected chi connectivity index (χ0v) is 13.9. The first kappa shape index (κ1) is 18.3. The predicted molar refractivity (Wildman–Crippen MR) is 90.0 cm³/mol. The number of aromatic nitrogens is 2. The molecule has 9 heteroatoms. The largest absolute Gasteiger partial charge is 0.330 e. The normalized spacial score (nSPS) is 11.5. The summed E-state index contributed by atoms with van der Waals surface area (Å²) in [6, 6.07) is 4.88. The maximum absolute atomic E-state index is 13.8. The van der Waals surface area contributed by atoms with Gasteiger partial charge in [-0.1, -0.05) is 11.6 Å². The summed E-state index contributed by atoms with van der Waals surface area (Å²) in [5, 5.41) is -0.672. The van der Waals surface area contributed by atoms with Crippen molar-refractivity contribution in [2.75, 3.05) is 6.54 Å². The predicted octanol–water partition coefficient (Wildman–Crippen LogP) is 3.76. The Kier molecular flexibility index (Phi) is 4.97. The van der Waals surface area contributed by atoms with Gasteiger partial charge in [-0.15, -0.1) is 0 Å². The van der Waals surface area contributed by atoms with Gasteiger partial charge in [0.2, 0.25) is 0 Å². The Morgan fingerprint density at radius 3 is 2.58 bits per heavy atom. The third-order valence-electron chi connectivity index (χ3n) is 3.78. The minimum Gasteiger partial charge on any atom is -0.330 e. The van der Waals surface area contributed by atoms with Crippen molar-refractivity contribution >= 4 is 22.5 Å². The van der Waals surface area contributed by atoms with E-state index in [-0.39, 0.29) is 35.4 Å². The molecule has 1 heterocycles. The van der Waals surface area contributed by atoms with Crippen LogP contribution in [0, 0.1) is 11.6 Å². The number of fused-ring (bicyclic) bond motifs is 1. The summed E-state index contributed by atoms with van der Waals surface area (Å²) in [5.74, 6) is -1.66. The lowest BCUT2D eigenvalue weighted by atomic mass is 10.1. The van der Waals surface area contributed by atoms with Crippen molar-refractivity contribution in [3.8, 4) is 5.69 Å². The van der Waals surface area contributed by atoms with Gasteiger partial charge in [0.1, 0.15) is 17.5 Å². The van der Waals surface area contributed by atoms with E-state index in [4.69, 9.17) is 17.3 Å². The SMILES string of the molecule is NCCc1nc2ccc(F)c(Cl)c2c(=O)n1-c1cc(F)cc(C(F)F)c1. The zero-order chi connectivity index (χ0) is 19.0. The van der Waals surface area contributed by atoms with Gasteiger partial charge in [0.05, 0.1) is 21.6 Å². The van der Waals surface area contributed by atoms with Crippen molar-refractivity contribution in [1.82, 2.24) is 9.55 Å². The van der Waals surface area contributed by atoms with Crippen LogP contribution in [0.3, 0.4) is 0 Å². The molecule has 0 bridgehead atoms. The van der Waals surface area contributed by atoms with Crippen molar-refractivity contribution < 1.29 is 17.6 Å². The van der Waals surface area contributed by atoms with Crippen molar-refractivity contribution in [2.45, 2.75) is 12.8 Å². The zero-order valence-electron chi connectivity index (χ0n) is 13.1. The summed E-state index contributed by atoms with van der Waals surface area (Å²) >= 11 is 5.89. The second-order valence-electron chi connectivity index (χ2n) is 5.51. The van der Waals surface area contributed by atoms with Gasteiger partial charge in [-0.05, 0) is 36.9 Å². The van der Waals surface area contributed by atoms with E-state index < -0.39 is 34.2 Å². The minimum absolute atomic E-state index is 0.101. The number of hydrogen-bond donors (Lipinski definition) is 1. The van der Waals surface area contributed by atoms with Crippen molar-refractivity contribution in [3.63, 3.8) is 0 Å². The Morgan fingerprint density at radius 2 is 1.92 bits per heavy atom. The average Bonchev–Trinajstić information content (AvgIpc) is 2.58. The highest BCUT2D eigenvalue weighted by Crippen LogP contribution is 2.26. The van der Waals surface area contributed by atoms with E-state index in [9.17, 15) is 22.4 Å². The molecule has 136 valence electrons. The third-order valence-corrected chi connectivity index (χ3v) is 4.15. The fourth-order valence-electron chi connectivity index (χ4n) is 2.67. The van der Waals surface area contributed by atoms with E-state index in [1.54, 1.807) is 0 Å². The molecule has 1 aromatic heterocycles. The highest BCUT2D eigenvalue weighted by molar-refractivity contribution is 6.35. The monoisotopic (exact) mass is 385 g/mol. The third kappa shape index (κ3) is 3.17. The fraction of sp³-hybridized carbons (Fsp3) is 0.176. The van der Waals surface area contributed by atoms with E-state index >= 15 is 0 Å². The highest BCUT2D eigenvalue weighted by Gasteiger charge is 2.19. The quantitative estimate of drug-likeness (QED) is 0.696. The summed E-state index contributed by atoms with van der Waals surface area (Å²) in [4.78, 5) is 17.1. The Labute approximate surface area is 149 Å². The molecule has 0 aliphatic rings. The second kappa shape index (κ2) is 7.05. The van der Waals surface area contributed by atoms with E-state index in [0.29, 0.717) is 6.07 Å². The molecular weight excluding hydrogens is 374 g/mol. The van der Waals surface area contributed by atoms with E-state index in [2.05, 4.69) is 4.98 Å². The van der Waals surface area contributed by atoms with Crippen LogP contribution >= 0.6 is 11.6 Å².